The van der Waals surface area contributed by atoms with Crippen LogP contribution in [0.2, 0.25) is 0 Å². The number of nitrogens with zero attached hydrogens (tertiary/aromatic N) is 5. The first-order chi connectivity index (χ1) is 20.5. The first kappa shape index (κ1) is 26.1. The van der Waals surface area contributed by atoms with Crippen LogP contribution < -0.4 is 11.1 Å². The Labute approximate surface area is 243 Å². The number of amides is 2. The summed E-state index contributed by atoms with van der Waals surface area (Å²) >= 11 is 0. The van der Waals surface area contributed by atoms with E-state index in [0.29, 0.717) is 24.4 Å². The van der Waals surface area contributed by atoms with E-state index in [2.05, 4.69) is 43.4 Å². The fraction of sp³-hybridized carbons (Fsp3) is 0.250. The summed E-state index contributed by atoms with van der Waals surface area (Å²) in [5.74, 6) is 0.170. The van der Waals surface area contributed by atoms with E-state index in [1.54, 1.807) is 0 Å². The maximum Gasteiger partial charge on any atom is 0.322 e. The van der Waals surface area contributed by atoms with Crippen LogP contribution in [0.3, 0.4) is 0 Å². The number of benzene rings is 2. The van der Waals surface area contributed by atoms with E-state index in [1.807, 2.05) is 60.5 Å². The van der Waals surface area contributed by atoms with Gasteiger partial charge < -0.3 is 25.7 Å². The first-order valence-electron chi connectivity index (χ1n) is 14.2. The number of ether oxygens (including phenoxy) is 1. The van der Waals surface area contributed by atoms with Gasteiger partial charge in [-0.15, -0.1) is 0 Å². The molecule has 2 aromatic carbocycles. The minimum Gasteiger partial charge on any atom is -0.379 e. The lowest BCUT2D eigenvalue weighted by Crippen LogP contribution is -2.35. The number of carbonyl (C=O) groups excluding carboxylic acids is 1. The molecule has 5 aromatic rings. The van der Waals surface area contributed by atoms with E-state index in [-0.39, 0.29) is 12.0 Å². The van der Waals surface area contributed by atoms with Crippen molar-refractivity contribution in [3.8, 4) is 22.6 Å². The van der Waals surface area contributed by atoms with Crippen molar-refractivity contribution in [2.24, 2.45) is 0 Å². The Morgan fingerprint density at radius 1 is 1.02 bits per heavy atom. The first-order valence-corrected chi connectivity index (χ1v) is 14.2. The van der Waals surface area contributed by atoms with Gasteiger partial charge in [0.15, 0.2) is 0 Å². The van der Waals surface area contributed by atoms with Gasteiger partial charge in [0.05, 0.1) is 30.3 Å². The highest BCUT2D eigenvalue weighted by molar-refractivity contribution is 5.98. The molecule has 1 saturated heterocycles. The van der Waals surface area contributed by atoms with Crippen molar-refractivity contribution >= 4 is 28.7 Å². The van der Waals surface area contributed by atoms with Gasteiger partial charge >= 0.3 is 6.03 Å². The molecule has 0 bridgehead atoms. The molecule has 2 aliphatic rings. The molecular weight excluding hydrogens is 528 g/mol. The van der Waals surface area contributed by atoms with E-state index in [4.69, 9.17) is 15.5 Å². The molecule has 0 unspecified atom stereocenters. The van der Waals surface area contributed by atoms with Gasteiger partial charge in [0.2, 0.25) is 5.95 Å². The topological polar surface area (TPSA) is 125 Å². The van der Waals surface area contributed by atoms with Crippen LogP contribution in [0.5, 0.6) is 0 Å². The van der Waals surface area contributed by atoms with Gasteiger partial charge in [-0.2, -0.15) is 4.98 Å². The quantitative estimate of drug-likeness (QED) is 0.278. The molecule has 0 saturated carbocycles. The van der Waals surface area contributed by atoms with Gasteiger partial charge in [0.1, 0.15) is 5.65 Å². The van der Waals surface area contributed by atoms with E-state index < -0.39 is 0 Å². The molecule has 212 valence electrons. The SMILES string of the molecule is Cc1c(NC(=O)N2Cc3ccccc3C2)cccc1-c1nc(N)nc2[nH]c(-c3ccc(CN4CCOCC4)cn3)cc12. The van der Waals surface area contributed by atoms with Crippen LogP contribution in [-0.2, 0) is 24.4 Å². The molecule has 2 amide bonds. The molecule has 7 rings (SSSR count). The molecule has 42 heavy (non-hydrogen) atoms. The van der Waals surface area contributed by atoms with Gasteiger partial charge in [0, 0.05) is 55.6 Å². The smallest absolute Gasteiger partial charge is 0.322 e. The Kier molecular flexibility index (Phi) is 6.77. The summed E-state index contributed by atoms with van der Waals surface area (Å²) in [7, 11) is 0. The largest absolute Gasteiger partial charge is 0.379 e. The van der Waals surface area contributed by atoms with Crippen molar-refractivity contribution in [2.75, 3.05) is 37.4 Å². The fourth-order valence-electron chi connectivity index (χ4n) is 5.76. The number of morpholine rings is 1. The molecule has 10 heteroatoms. The highest BCUT2D eigenvalue weighted by Crippen LogP contribution is 2.35. The predicted molar refractivity (Wildman–Crippen MR) is 163 cm³/mol. The number of aromatic amines is 1. The van der Waals surface area contributed by atoms with Crippen LogP contribution in [0, 0.1) is 6.92 Å². The Morgan fingerprint density at radius 2 is 1.81 bits per heavy atom. The minimum absolute atomic E-state index is 0.133. The number of H-pyrrole nitrogens is 1. The van der Waals surface area contributed by atoms with Crippen LogP contribution in [0.25, 0.3) is 33.7 Å². The Morgan fingerprint density at radius 3 is 2.55 bits per heavy atom. The van der Waals surface area contributed by atoms with E-state index in [9.17, 15) is 4.79 Å². The van der Waals surface area contributed by atoms with Crippen LogP contribution in [-0.4, -0.2) is 62.1 Å². The van der Waals surface area contributed by atoms with Crippen LogP contribution in [0.15, 0.2) is 66.9 Å². The lowest BCUT2D eigenvalue weighted by molar-refractivity contribution is 0.0341. The van der Waals surface area contributed by atoms with Crippen LogP contribution in [0.4, 0.5) is 16.4 Å². The average Bonchev–Trinajstić information content (AvgIpc) is 3.64. The van der Waals surface area contributed by atoms with Crippen molar-refractivity contribution < 1.29 is 9.53 Å². The standard InChI is InChI=1S/C32H32N8O2/c1-20-24(7-4-8-26(20)36-32(41)40-18-22-5-2-3-6-23(22)19-40)29-25-15-28(35-30(25)38-31(33)37-29)27-10-9-21(16-34-27)17-39-11-13-42-14-12-39/h2-10,15-16H,11-14,17-19H2,1H3,(H,36,41)(H3,33,35,37,38). The van der Waals surface area contributed by atoms with E-state index in [0.717, 1.165) is 72.0 Å². The van der Waals surface area contributed by atoms with Crippen molar-refractivity contribution in [1.29, 1.82) is 0 Å². The zero-order valence-electron chi connectivity index (χ0n) is 23.4. The summed E-state index contributed by atoms with van der Waals surface area (Å²) in [6.45, 7) is 7.44. The Balaban J connectivity index is 1.15. The molecule has 0 aliphatic carbocycles. The lowest BCUT2D eigenvalue weighted by atomic mass is 10.0. The number of nitrogen functional groups attached to an aromatic ring is 1. The van der Waals surface area contributed by atoms with Crippen molar-refractivity contribution in [1.82, 2.24) is 29.7 Å². The summed E-state index contributed by atoms with van der Waals surface area (Å²) in [6, 6.07) is 20.0. The van der Waals surface area contributed by atoms with Crippen molar-refractivity contribution in [3.05, 3.63) is 89.1 Å². The highest BCUT2D eigenvalue weighted by Gasteiger charge is 2.24. The third kappa shape index (κ3) is 5.06. The fourth-order valence-corrected chi connectivity index (χ4v) is 5.76. The molecule has 0 atom stereocenters. The maximum atomic E-state index is 13.2. The van der Waals surface area contributed by atoms with Gasteiger partial charge in [-0.1, -0.05) is 42.5 Å². The van der Waals surface area contributed by atoms with Crippen molar-refractivity contribution in [3.63, 3.8) is 0 Å². The number of hydrogen-bond acceptors (Lipinski definition) is 7. The molecule has 4 N–H and O–H groups in total. The third-order valence-corrected chi connectivity index (χ3v) is 8.07. The summed E-state index contributed by atoms with van der Waals surface area (Å²) in [4.78, 5) is 34.6. The number of nitrogens with two attached hydrogens (primary N) is 1. The summed E-state index contributed by atoms with van der Waals surface area (Å²) in [5, 5.41) is 3.94. The number of fused-ring (bicyclic) bond motifs is 2. The number of hydrogen-bond donors (Lipinski definition) is 3. The number of anilines is 2. The van der Waals surface area contributed by atoms with Crippen LogP contribution in [0.1, 0.15) is 22.3 Å². The second-order valence-electron chi connectivity index (χ2n) is 10.8. The molecule has 0 spiro atoms. The minimum atomic E-state index is -0.133. The Bertz CT molecular complexity index is 1750. The summed E-state index contributed by atoms with van der Waals surface area (Å²) in [5.41, 5.74) is 15.2. The molecule has 10 nitrogen and oxygen atoms in total. The van der Waals surface area contributed by atoms with Gasteiger partial charge in [-0.25, -0.2) is 9.78 Å². The number of nitrogens with one attached hydrogen (secondary N) is 2. The maximum absolute atomic E-state index is 13.2. The molecule has 2 aliphatic heterocycles. The number of aromatic nitrogens is 4. The molecule has 1 fully saturated rings. The molecule has 5 heterocycles. The number of urea groups is 1. The predicted octanol–water partition coefficient (Wildman–Crippen LogP) is 4.96. The molecular formula is C32H32N8O2. The van der Waals surface area contributed by atoms with Gasteiger partial charge in [-0.3, -0.25) is 9.88 Å². The molecule has 0 radical (unpaired) electrons. The lowest BCUT2D eigenvalue weighted by Gasteiger charge is -2.26. The average molecular weight is 561 g/mol. The van der Waals surface area contributed by atoms with Gasteiger partial charge in [0.25, 0.3) is 0 Å². The highest BCUT2D eigenvalue weighted by atomic mass is 16.5. The number of pyridine rings is 1. The number of rotatable bonds is 5. The Hall–Kier alpha value is -4.80. The third-order valence-electron chi connectivity index (χ3n) is 8.07. The zero-order valence-corrected chi connectivity index (χ0v) is 23.4. The summed E-state index contributed by atoms with van der Waals surface area (Å²) < 4.78 is 5.45. The summed E-state index contributed by atoms with van der Waals surface area (Å²) in [6.07, 6.45) is 1.92. The van der Waals surface area contributed by atoms with Crippen molar-refractivity contribution in [2.45, 2.75) is 26.6 Å². The van der Waals surface area contributed by atoms with Crippen LogP contribution >= 0.6 is 0 Å². The van der Waals surface area contributed by atoms with Gasteiger partial charge in [-0.05, 0) is 47.4 Å². The monoisotopic (exact) mass is 560 g/mol. The molecule has 3 aromatic heterocycles. The second kappa shape index (κ2) is 10.9. The number of carbonyl (C=O) groups is 1. The van der Waals surface area contributed by atoms with E-state index in [1.165, 1.54) is 11.1 Å². The second-order valence-corrected chi connectivity index (χ2v) is 10.8. The van der Waals surface area contributed by atoms with E-state index >= 15 is 0 Å². The normalized spacial score (nSPS) is 15.2. The zero-order chi connectivity index (χ0) is 28.6.